The van der Waals surface area contributed by atoms with Crippen molar-refractivity contribution in [2.24, 2.45) is 20.0 Å². The molecule has 1 fully saturated rings. The van der Waals surface area contributed by atoms with E-state index in [1.54, 1.807) is 32.2 Å². The van der Waals surface area contributed by atoms with E-state index in [0.29, 0.717) is 36.8 Å². The molecular formula is C34H32Cl2FN5O6. The van der Waals surface area contributed by atoms with Gasteiger partial charge in [0.2, 0.25) is 5.88 Å². The largest absolute Gasteiger partial charge is 0.481 e. The summed E-state index contributed by atoms with van der Waals surface area (Å²) in [5.41, 5.74) is 1.61. The van der Waals surface area contributed by atoms with Crippen LogP contribution in [0.4, 0.5) is 10.1 Å². The first-order valence-corrected chi connectivity index (χ1v) is 16.0. The van der Waals surface area contributed by atoms with Gasteiger partial charge in [0.25, 0.3) is 11.5 Å². The highest BCUT2D eigenvalue weighted by Gasteiger charge is 2.42. The van der Waals surface area contributed by atoms with Crippen molar-refractivity contribution in [2.75, 3.05) is 32.1 Å². The number of carbonyl (C=O) groups excluding carboxylic acids is 2. The third-order valence-corrected chi connectivity index (χ3v) is 9.67. The lowest BCUT2D eigenvalue weighted by Gasteiger charge is -2.42. The SMILES string of the molecule is CCOC(=O)C1CN([C@H]2CCc3cc(-c4cccc(-c5c(F)ccc(NC(=O)c6cn(C)c(=O)n(C)c6=O)c5Cl)c4Cl)nc(OC)c32)C1. The number of ether oxygens (including phenoxy) is 2. The maximum atomic E-state index is 15.5. The van der Waals surface area contributed by atoms with Crippen LogP contribution in [-0.4, -0.2) is 57.7 Å². The van der Waals surface area contributed by atoms with Gasteiger partial charge in [-0.2, -0.15) is 0 Å². The summed E-state index contributed by atoms with van der Waals surface area (Å²) in [5, 5.41) is 2.60. The molecule has 0 radical (unpaired) electrons. The van der Waals surface area contributed by atoms with Gasteiger partial charge in [-0.3, -0.25) is 23.9 Å². The Bertz CT molecular complexity index is 2090. The van der Waals surface area contributed by atoms with Crippen LogP contribution in [0.5, 0.6) is 5.88 Å². The Hall–Kier alpha value is -4.52. The Labute approximate surface area is 284 Å². The minimum atomic E-state index is -0.826. The zero-order chi connectivity index (χ0) is 34.4. The number of halogens is 3. The molecule has 250 valence electrons. The van der Waals surface area contributed by atoms with Gasteiger partial charge in [-0.05, 0) is 43.5 Å². The lowest BCUT2D eigenvalue weighted by Crippen LogP contribution is -2.51. The van der Waals surface area contributed by atoms with E-state index in [-0.39, 0.29) is 50.4 Å². The molecule has 1 N–H and O–H groups in total. The van der Waals surface area contributed by atoms with Gasteiger partial charge in [-0.1, -0.05) is 41.4 Å². The second-order valence-corrected chi connectivity index (χ2v) is 12.5. The van der Waals surface area contributed by atoms with E-state index in [2.05, 4.69) is 10.2 Å². The molecule has 2 aromatic carbocycles. The molecule has 11 nitrogen and oxygen atoms in total. The molecule has 4 aromatic rings. The molecule has 0 saturated carbocycles. The fourth-order valence-electron chi connectivity index (χ4n) is 6.39. The molecule has 1 aliphatic carbocycles. The van der Waals surface area contributed by atoms with Gasteiger partial charge in [-0.15, -0.1) is 0 Å². The molecule has 1 aliphatic heterocycles. The minimum absolute atomic E-state index is 0.0370. The van der Waals surface area contributed by atoms with Crippen LogP contribution in [0, 0.1) is 11.7 Å². The number of nitrogens with one attached hydrogen (secondary N) is 1. The lowest BCUT2D eigenvalue weighted by molar-refractivity contribution is -0.155. The van der Waals surface area contributed by atoms with E-state index in [1.807, 2.05) is 6.07 Å². The molecule has 0 bridgehead atoms. The summed E-state index contributed by atoms with van der Waals surface area (Å²) >= 11 is 13.6. The molecule has 1 atom stereocenters. The number of aromatic nitrogens is 3. The van der Waals surface area contributed by atoms with Crippen LogP contribution >= 0.6 is 23.2 Å². The fraction of sp³-hybridized carbons (Fsp3) is 0.324. The number of hydrogen-bond acceptors (Lipinski definition) is 8. The quantitative estimate of drug-likeness (QED) is 0.256. The topological polar surface area (TPSA) is 125 Å². The molecular weight excluding hydrogens is 664 g/mol. The van der Waals surface area contributed by atoms with Crippen molar-refractivity contribution < 1.29 is 23.5 Å². The van der Waals surface area contributed by atoms with E-state index in [4.69, 9.17) is 37.7 Å². The number of esters is 1. The maximum absolute atomic E-state index is 15.5. The zero-order valence-electron chi connectivity index (χ0n) is 26.6. The third-order valence-electron chi connectivity index (χ3n) is 8.87. The van der Waals surface area contributed by atoms with E-state index in [0.717, 1.165) is 45.4 Å². The first-order valence-electron chi connectivity index (χ1n) is 15.3. The van der Waals surface area contributed by atoms with Gasteiger partial charge in [-0.25, -0.2) is 14.2 Å². The third kappa shape index (κ3) is 5.78. The summed E-state index contributed by atoms with van der Waals surface area (Å²) in [4.78, 5) is 57.0. The van der Waals surface area contributed by atoms with Gasteiger partial charge < -0.3 is 19.4 Å². The molecule has 3 heterocycles. The van der Waals surface area contributed by atoms with E-state index >= 15 is 4.39 Å². The Kier molecular flexibility index (Phi) is 9.16. The van der Waals surface area contributed by atoms with Crippen molar-refractivity contribution in [1.29, 1.82) is 0 Å². The van der Waals surface area contributed by atoms with Gasteiger partial charge in [0.1, 0.15) is 11.4 Å². The highest BCUT2D eigenvalue weighted by molar-refractivity contribution is 6.39. The van der Waals surface area contributed by atoms with E-state index < -0.39 is 23.0 Å². The van der Waals surface area contributed by atoms with Gasteiger partial charge in [0.05, 0.1) is 41.1 Å². The summed E-state index contributed by atoms with van der Waals surface area (Å²) in [5.74, 6) is -1.39. The van der Waals surface area contributed by atoms with Gasteiger partial charge in [0, 0.05) is 61.7 Å². The molecule has 14 heteroatoms. The maximum Gasteiger partial charge on any atom is 0.330 e. The normalized spacial score (nSPS) is 15.9. The molecule has 0 unspecified atom stereocenters. The molecule has 6 rings (SSSR count). The Morgan fingerprint density at radius 3 is 2.52 bits per heavy atom. The average Bonchev–Trinajstić information content (AvgIpc) is 3.46. The number of aryl methyl sites for hydroxylation is 2. The predicted octanol–water partition coefficient (Wildman–Crippen LogP) is 5.00. The number of pyridine rings is 1. The number of fused-ring (bicyclic) bond motifs is 1. The van der Waals surface area contributed by atoms with Crippen molar-refractivity contribution in [3.8, 4) is 28.3 Å². The fourth-order valence-corrected chi connectivity index (χ4v) is 7.01. The highest BCUT2D eigenvalue weighted by atomic mass is 35.5. The molecule has 1 amide bonds. The molecule has 48 heavy (non-hydrogen) atoms. The summed E-state index contributed by atoms with van der Waals surface area (Å²) < 4.78 is 28.3. The van der Waals surface area contributed by atoms with Crippen LogP contribution in [0.15, 0.2) is 52.2 Å². The number of rotatable bonds is 8. The first kappa shape index (κ1) is 33.4. The van der Waals surface area contributed by atoms with Crippen LogP contribution in [0.2, 0.25) is 10.0 Å². The number of anilines is 1. The molecule has 1 saturated heterocycles. The van der Waals surface area contributed by atoms with Crippen molar-refractivity contribution in [3.05, 3.63) is 96.0 Å². The molecule has 2 aromatic heterocycles. The number of benzene rings is 2. The number of hydrogen-bond donors (Lipinski definition) is 1. The first-order chi connectivity index (χ1) is 22.9. The second kappa shape index (κ2) is 13.2. The highest BCUT2D eigenvalue weighted by Crippen LogP contribution is 2.47. The van der Waals surface area contributed by atoms with Crippen molar-refractivity contribution in [1.82, 2.24) is 19.0 Å². The summed E-state index contributed by atoms with van der Waals surface area (Å²) in [6, 6.07) is 9.49. The molecule has 0 spiro atoms. The van der Waals surface area contributed by atoms with Gasteiger partial charge >= 0.3 is 11.7 Å². The Morgan fingerprint density at radius 1 is 1.08 bits per heavy atom. The van der Waals surface area contributed by atoms with Crippen molar-refractivity contribution in [2.45, 2.75) is 25.8 Å². The average molecular weight is 697 g/mol. The van der Waals surface area contributed by atoms with Crippen LogP contribution < -0.4 is 21.3 Å². The molecule has 2 aliphatic rings. The minimum Gasteiger partial charge on any atom is -0.481 e. The predicted molar refractivity (Wildman–Crippen MR) is 179 cm³/mol. The van der Waals surface area contributed by atoms with Crippen molar-refractivity contribution >= 4 is 40.8 Å². The number of methoxy groups -OCH3 is 1. The Balaban J connectivity index is 1.32. The van der Waals surface area contributed by atoms with Gasteiger partial charge in [0.15, 0.2) is 0 Å². The van der Waals surface area contributed by atoms with Crippen LogP contribution in [0.3, 0.4) is 0 Å². The van der Waals surface area contributed by atoms with Crippen LogP contribution in [-0.2, 0) is 30.0 Å². The summed E-state index contributed by atoms with van der Waals surface area (Å²) in [6.07, 6.45) is 2.73. The summed E-state index contributed by atoms with van der Waals surface area (Å²) in [7, 11) is 4.23. The number of likely N-dealkylation sites (tertiary alicyclic amines) is 1. The smallest absolute Gasteiger partial charge is 0.330 e. The zero-order valence-corrected chi connectivity index (χ0v) is 28.1. The number of nitrogens with zero attached hydrogens (tertiary/aromatic N) is 4. The summed E-state index contributed by atoms with van der Waals surface area (Å²) in [6.45, 7) is 3.36. The van der Waals surface area contributed by atoms with Crippen LogP contribution in [0.25, 0.3) is 22.4 Å². The standard InChI is InChI=1S/C34H32Cl2FN5O6/c1-5-48-33(45)18-14-42(15-18)25-12-9-17-13-24(39-31(47-4)26(17)25)19-7-6-8-20(28(19)35)27-22(37)10-11-23(29(27)36)38-30(43)21-16-40(2)34(46)41(3)32(21)44/h6-8,10-11,13,16,18,25H,5,9,12,14-15H2,1-4H3,(H,38,43)/t25-/m0/s1. The van der Waals surface area contributed by atoms with Crippen LogP contribution in [0.1, 0.15) is 40.9 Å². The monoisotopic (exact) mass is 695 g/mol. The van der Waals surface area contributed by atoms with E-state index in [9.17, 15) is 19.2 Å². The van der Waals surface area contributed by atoms with E-state index in [1.165, 1.54) is 20.2 Å². The number of amides is 1. The second-order valence-electron chi connectivity index (χ2n) is 11.8. The Morgan fingerprint density at radius 2 is 1.81 bits per heavy atom. The number of carbonyl (C=O) groups is 2. The van der Waals surface area contributed by atoms with Crippen molar-refractivity contribution in [3.63, 3.8) is 0 Å². The lowest BCUT2D eigenvalue weighted by atomic mass is 9.95.